The maximum absolute atomic E-state index is 9.70. The molecule has 0 saturated carbocycles. The van der Waals surface area contributed by atoms with Crippen LogP contribution in [0.15, 0.2) is 30.3 Å². The number of nitrogens with one attached hydrogen (secondary N) is 1. The van der Waals surface area contributed by atoms with Crippen LogP contribution >= 0.6 is 11.8 Å². The van der Waals surface area contributed by atoms with Crippen LogP contribution < -0.4 is 5.32 Å². The molecule has 0 aromatic heterocycles. The van der Waals surface area contributed by atoms with Crippen LogP contribution in [0.25, 0.3) is 0 Å². The van der Waals surface area contributed by atoms with E-state index in [0.29, 0.717) is 5.25 Å². The Balaban J connectivity index is 2.86. The van der Waals surface area contributed by atoms with Gasteiger partial charge in [0.05, 0.1) is 6.07 Å². The molecule has 0 heterocycles. The van der Waals surface area contributed by atoms with Crippen molar-refractivity contribution < 1.29 is 0 Å². The molecular weight excluding hydrogens is 252 g/mol. The first-order valence-electron chi connectivity index (χ1n) is 6.98. The monoisotopic (exact) mass is 276 g/mol. The van der Waals surface area contributed by atoms with Crippen molar-refractivity contribution in [2.75, 3.05) is 12.3 Å². The van der Waals surface area contributed by atoms with E-state index in [-0.39, 0.29) is 0 Å². The summed E-state index contributed by atoms with van der Waals surface area (Å²) >= 11 is 1.91. The number of rotatable bonds is 8. The SMILES string of the molecule is CCCNC(C#N)(CCSC(C)C)c1ccccc1. The van der Waals surface area contributed by atoms with Crippen molar-refractivity contribution in [3.8, 4) is 6.07 Å². The van der Waals surface area contributed by atoms with Crippen LogP contribution in [0.4, 0.5) is 0 Å². The van der Waals surface area contributed by atoms with Gasteiger partial charge in [0.25, 0.3) is 0 Å². The third-order valence-corrected chi connectivity index (χ3v) is 4.17. The Morgan fingerprint density at radius 2 is 2.00 bits per heavy atom. The molecule has 0 radical (unpaired) electrons. The molecule has 0 amide bonds. The highest BCUT2D eigenvalue weighted by Gasteiger charge is 2.30. The Hall–Kier alpha value is -0.980. The van der Waals surface area contributed by atoms with Crippen LogP contribution in [-0.2, 0) is 5.54 Å². The molecule has 0 aliphatic heterocycles. The molecule has 0 bridgehead atoms. The summed E-state index contributed by atoms with van der Waals surface area (Å²) in [5.41, 5.74) is 0.536. The molecule has 0 aliphatic rings. The van der Waals surface area contributed by atoms with Crippen LogP contribution in [0.2, 0.25) is 0 Å². The van der Waals surface area contributed by atoms with Crippen molar-refractivity contribution in [3.63, 3.8) is 0 Å². The van der Waals surface area contributed by atoms with Crippen LogP contribution in [0, 0.1) is 11.3 Å². The zero-order valence-electron chi connectivity index (χ0n) is 12.1. The van der Waals surface area contributed by atoms with Gasteiger partial charge in [-0.1, -0.05) is 51.1 Å². The average Bonchev–Trinajstić information content (AvgIpc) is 2.43. The first-order chi connectivity index (χ1) is 9.14. The van der Waals surface area contributed by atoms with Crippen LogP contribution in [-0.4, -0.2) is 17.5 Å². The molecule has 104 valence electrons. The van der Waals surface area contributed by atoms with Gasteiger partial charge in [-0.05, 0) is 36.0 Å². The van der Waals surface area contributed by atoms with Crippen molar-refractivity contribution in [1.29, 1.82) is 5.26 Å². The Labute approximate surface area is 121 Å². The summed E-state index contributed by atoms with van der Waals surface area (Å²) in [5.74, 6) is 0.997. The largest absolute Gasteiger partial charge is 0.296 e. The van der Waals surface area contributed by atoms with E-state index in [0.717, 1.165) is 30.7 Å². The number of hydrogen-bond acceptors (Lipinski definition) is 3. The maximum atomic E-state index is 9.70. The third kappa shape index (κ3) is 4.89. The van der Waals surface area contributed by atoms with Gasteiger partial charge in [0, 0.05) is 0 Å². The van der Waals surface area contributed by atoms with Crippen molar-refractivity contribution in [1.82, 2.24) is 5.32 Å². The molecule has 0 spiro atoms. The zero-order chi connectivity index (χ0) is 14.1. The van der Waals surface area contributed by atoms with E-state index in [1.165, 1.54) is 0 Å². The lowest BCUT2D eigenvalue weighted by molar-refractivity contribution is 0.416. The van der Waals surface area contributed by atoms with Crippen LogP contribution in [0.5, 0.6) is 0 Å². The molecule has 1 rings (SSSR count). The second-order valence-corrected chi connectivity index (χ2v) is 6.66. The lowest BCUT2D eigenvalue weighted by Gasteiger charge is -2.28. The van der Waals surface area contributed by atoms with Gasteiger partial charge >= 0.3 is 0 Å². The summed E-state index contributed by atoms with van der Waals surface area (Å²) in [6.07, 6.45) is 1.88. The predicted molar refractivity (Wildman–Crippen MR) is 84.2 cm³/mol. The molecule has 0 saturated heterocycles. The average molecular weight is 276 g/mol. The van der Waals surface area contributed by atoms with E-state index in [1.807, 2.05) is 42.1 Å². The number of nitrogens with zero attached hydrogens (tertiary/aromatic N) is 1. The number of thioether (sulfide) groups is 1. The highest BCUT2D eigenvalue weighted by Crippen LogP contribution is 2.27. The lowest BCUT2D eigenvalue weighted by atomic mass is 9.88. The van der Waals surface area contributed by atoms with E-state index in [9.17, 15) is 5.26 Å². The molecule has 0 aliphatic carbocycles. The van der Waals surface area contributed by atoms with Gasteiger partial charge in [0.15, 0.2) is 0 Å². The van der Waals surface area contributed by atoms with Crippen LogP contribution in [0.1, 0.15) is 39.2 Å². The van der Waals surface area contributed by atoms with E-state index in [4.69, 9.17) is 0 Å². The van der Waals surface area contributed by atoms with Gasteiger partial charge in [-0.15, -0.1) is 0 Å². The normalized spacial score (nSPS) is 14.1. The zero-order valence-corrected chi connectivity index (χ0v) is 13.0. The van der Waals surface area contributed by atoms with Crippen molar-refractivity contribution >= 4 is 11.8 Å². The van der Waals surface area contributed by atoms with Crippen molar-refractivity contribution in [2.45, 2.75) is 44.4 Å². The first kappa shape index (κ1) is 16.1. The first-order valence-corrected chi connectivity index (χ1v) is 8.03. The molecular formula is C16H24N2S. The van der Waals surface area contributed by atoms with E-state index in [1.54, 1.807) is 0 Å². The molecule has 3 heteroatoms. The fourth-order valence-electron chi connectivity index (χ4n) is 2.00. The molecule has 1 atom stereocenters. The Bertz CT molecular complexity index is 397. The molecule has 1 N–H and O–H groups in total. The molecule has 19 heavy (non-hydrogen) atoms. The summed E-state index contributed by atoms with van der Waals surface area (Å²) in [6.45, 7) is 7.39. The summed E-state index contributed by atoms with van der Waals surface area (Å²) < 4.78 is 0. The van der Waals surface area contributed by atoms with Crippen LogP contribution in [0.3, 0.4) is 0 Å². The van der Waals surface area contributed by atoms with Crippen molar-refractivity contribution in [3.05, 3.63) is 35.9 Å². The molecule has 0 fully saturated rings. The minimum atomic E-state index is -0.542. The Morgan fingerprint density at radius 3 is 2.53 bits per heavy atom. The Morgan fingerprint density at radius 1 is 1.32 bits per heavy atom. The standard InChI is InChI=1S/C16H24N2S/c1-4-11-18-16(13-17,10-12-19-14(2)3)15-8-6-5-7-9-15/h5-9,14,18H,4,10-12H2,1-3H3. The van der Waals surface area contributed by atoms with E-state index >= 15 is 0 Å². The fourth-order valence-corrected chi connectivity index (χ4v) is 2.90. The molecule has 1 aromatic rings. The van der Waals surface area contributed by atoms with Gasteiger partial charge in [0.1, 0.15) is 5.54 Å². The highest BCUT2D eigenvalue weighted by molar-refractivity contribution is 7.99. The second kappa shape index (κ2) is 8.24. The Kier molecular flexibility index (Phi) is 6.97. The summed E-state index contributed by atoms with van der Waals surface area (Å²) in [4.78, 5) is 0. The smallest absolute Gasteiger partial charge is 0.133 e. The maximum Gasteiger partial charge on any atom is 0.133 e. The van der Waals surface area contributed by atoms with Gasteiger partial charge < -0.3 is 0 Å². The second-order valence-electron chi connectivity index (χ2n) is 4.98. The van der Waals surface area contributed by atoms with Crippen molar-refractivity contribution in [2.24, 2.45) is 0 Å². The van der Waals surface area contributed by atoms with E-state index in [2.05, 4.69) is 32.2 Å². The number of hydrogen-bond donors (Lipinski definition) is 1. The number of nitriles is 1. The molecule has 1 aromatic carbocycles. The van der Waals surface area contributed by atoms with Gasteiger partial charge in [-0.3, -0.25) is 5.32 Å². The van der Waals surface area contributed by atoms with Gasteiger partial charge in [0.2, 0.25) is 0 Å². The quantitative estimate of drug-likeness (QED) is 0.781. The summed E-state index contributed by atoms with van der Waals surface area (Å²) in [5, 5.41) is 13.8. The van der Waals surface area contributed by atoms with Gasteiger partial charge in [-0.2, -0.15) is 17.0 Å². The predicted octanol–water partition coefficient (Wildman–Crippen LogP) is 3.94. The fraction of sp³-hybridized carbons (Fsp3) is 0.562. The molecule has 2 nitrogen and oxygen atoms in total. The minimum Gasteiger partial charge on any atom is -0.296 e. The summed E-state index contributed by atoms with van der Waals surface area (Å²) in [7, 11) is 0. The lowest BCUT2D eigenvalue weighted by Crippen LogP contribution is -2.42. The topological polar surface area (TPSA) is 35.8 Å². The highest BCUT2D eigenvalue weighted by atomic mass is 32.2. The van der Waals surface area contributed by atoms with Gasteiger partial charge in [-0.25, -0.2) is 0 Å². The molecule has 1 unspecified atom stereocenters. The number of benzene rings is 1. The summed E-state index contributed by atoms with van der Waals surface area (Å²) in [6, 6.07) is 12.6. The van der Waals surface area contributed by atoms with E-state index < -0.39 is 5.54 Å². The minimum absolute atomic E-state index is 0.542. The third-order valence-electron chi connectivity index (χ3n) is 3.06.